The van der Waals surface area contributed by atoms with Gasteiger partial charge < -0.3 is 14.4 Å². The number of aromatic nitrogens is 1. The molecule has 10 aromatic rings. The minimum absolute atomic E-state index is 0.00886. The zero-order chi connectivity index (χ0) is 55.1. The van der Waals surface area contributed by atoms with E-state index in [1.54, 1.807) is 0 Å². The molecular weight excluding hydrogens is 962 g/mol. The fourth-order valence-corrected chi connectivity index (χ4v) is 14.7. The first-order chi connectivity index (χ1) is 36.6. The Morgan fingerprint density at radius 2 is 1.00 bits per heavy atom. The second-order valence-corrected chi connectivity index (χ2v) is 29.8. The van der Waals surface area contributed by atoms with Crippen molar-refractivity contribution in [1.82, 2.24) is 4.57 Å². The SMILES string of the molecule is CC(C)(C)c1ccc(N(c2ccc(C(C)(C)C)cc2)c2cc3c4c(c2)-n2c5c(c6cc(C(C)(C)C)cc(c62)B4c2ccc(C(C)(C)C)cc2N3c2cccc3c2sc2cc(C(C)(C)C)ccc23)C(C)(C)c2ccccc2-5)cc1. The summed E-state index contributed by atoms with van der Waals surface area (Å²) in [5.41, 5.74) is 25.6. The van der Waals surface area contributed by atoms with E-state index in [0.29, 0.717) is 0 Å². The summed E-state index contributed by atoms with van der Waals surface area (Å²) in [6, 6.07) is 60.1. The fraction of sp³-hybridized carbons (Fsp3) is 0.315. The van der Waals surface area contributed by atoms with E-state index in [0.717, 1.165) is 17.1 Å². The van der Waals surface area contributed by atoms with Gasteiger partial charge in [0.2, 0.25) is 0 Å². The summed E-state index contributed by atoms with van der Waals surface area (Å²) in [5, 5.41) is 3.99. The number of fused-ring (bicyclic) bond motifs is 12. The van der Waals surface area contributed by atoms with E-state index < -0.39 is 0 Å². The third-order valence-corrected chi connectivity index (χ3v) is 19.1. The lowest BCUT2D eigenvalue weighted by Gasteiger charge is -2.42. The Labute approximate surface area is 469 Å². The zero-order valence-corrected chi connectivity index (χ0v) is 50.1. The first-order valence-corrected chi connectivity index (χ1v) is 29.4. The van der Waals surface area contributed by atoms with E-state index in [2.05, 4.69) is 284 Å². The van der Waals surface area contributed by atoms with E-state index in [1.165, 1.54) is 120 Å². The van der Waals surface area contributed by atoms with Crippen molar-refractivity contribution in [2.24, 2.45) is 0 Å². The van der Waals surface area contributed by atoms with Gasteiger partial charge in [-0.05, 0) is 143 Å². The number of hydrogen-bond acceptors (Lipinski definition) is 3. The van der Waals surface area contributed by atoms with Crippen LogP contribution in [0.4, 0.5) is 34.1 Å². The number of nitrogens with zero attached hydrogens (tertiary/aromatic N) is 3. The van der Waals surface area contributed by atoms with E-state index in [9.17, 15) is 0 Å². The Kier molecular flexibility index (Phi) is 10.8. The molecule has 3 aliphatic rings. The van der Waals surface area contributed by atoms with Gasteiger partial charge in [-0.1, -0.05) is 209 Å². The van der Waals surface area contributed by atoms with E-state index >= 15 is 0 Å². The summed E-state index contributed by atoms with van der Waals surface area (Å²) >= 11 is 1.95. The van der Waals surface area contributed by atoms with E-state index in [4.69, 9.17) is 0 Å². The molecule has 0 atom stereocenters. The largest absolute Gasteiger partial charge is 0.310 e. The van der Waals surface area contributed by atoms with Crippen molar-refractivity contribution in [1.29, 1.82) is 0 Å². The molecule has 1 aliphatic carbocycles. The van der Waals surface area contributed by atoms with Crippen molar-refractivity contribution in [3.63, 3.8) is 0 Å². The summed E-state index contributed by atoms with van der Waals surface area (Å²) in [6.07, 6.45) is 0. The number of rotatable bonds is 4. The highest BCUT2D eigenvalue weighted by Gasteiger charge is 2.48. The van der Waals surface area contributed by atoms with Crippen LogP contribution in [0.1, 0.15) is 157 Å². The van der Waals surface area contributed by atoms with Gasteiger partial charge in [-0.25, -0.2) is 0 Å². The third kappa shape index (κ3) is 7.57. The van der Waals surface area contributed by atoms with Crippen molar-refractivity contribution in [3.05, 3.63) is 191 Å². The molecular formula is C73H76BN3S. The zero-order valence-electron chi connectivity index (χ0n) is 49.3. The molecule has 2 aromatic heterocycles. The van der Waals surface area contributed by atoms with E-state index in [1.807, 2.05) is 11.3 Å². The summed E-state index contributed by atoms with van der Waals surface area (Å²) in [6.45, 7) is 40.0. The molecule has 0 saturated carbocycles. The Morgan fingerprint density at radius 1 is 0.436 bits per heavy atom. The van der Waals surface area contributed by atoms with Gasteiger partial charge in [-0.3, -0.25) is 0 Å². The molecule has 0 saturated heterocycles. The van der Waals surface area contributed by atoms with Crippen LogP contribution < -0.4 is 26.2 Å². The summed E-state index contributed by atoms with van der Waals surface area (Å²) < 4.78 is 5.38. The minimum atomic E-state index is -0.227. The van der Waals surface area contributed by atoms with E-state index in [-0.39, 0.29) is 39.2 Å². The molecule has 78 heavy (non-hydrogen) atoms. The molecule has 0 fully saturated rings. The van der Waals surface area contributed by atoms with Gasteiger partial charge in [-0.2, -0.15) is 0 Å². The standard InChI is InChI=1S/C73H76BN3S/c1-68(2,3)43-25-31-48(32-26-43)75(49-33-27-44(28-34-49)69(4,5)6)50-41-60-64-61(42-50)77-65-54(63-66(77)53-21-18-19-23-55(53)73(63,16)17)37-47(72(13,14)15)38-57(65)74(64)56-36-30-45(70(7,8)9)39-59(56)76(60)58-24-20-22-52-51-35-29-46(71(10,11)12)40-62(51)78-67(52)58/h18-42H,1-17H3. The Balaban J connectivity index is 1.21. The highest BCUT2D eigenvalue weighted by atomic mass is 32.1. The van der Waals surface area contributed by atoms with Crippen molar-refractivity contribution in [2.45, 2.75) is 150 Å². The quantitative estimate of drug-likeness (QED) is 0.163. The van der Waals surface area contributed by atoms with Crippen molar-refractivity contribution in [2.75, 3.05) is 9.80 Å². The molecule has 5 heteroatoms. The average molecular weight is 1040 g/mol. The van der Waals surface area contributed by atoms with Gasteiger partial charge in [0.15, 0.2) is 0 Å². The number of anilines is 6. The molecule has 3 nitrogen and oxygen atoms in total. The van der Waals surface area contributed by atoms with Crippen LogP contribution in [0.5, 0.6) is 0 Å². The maximum Gasteiger partial charge on any atom is 0.252 e. The van der Waals surface area contributed by atoms with Crippen molar-refractivity contribution < 1.29 is 0 Å². The molecule has 2 aliphatic heterocycles. The summed E-state index contributed by atoms with van der Waals surface area (Å²) in [7, 11) is 0. The molecule has 0 spiro atoms. The van der Waals surface area contributed by atoms with Gasteiger partial charge in [0.05, 0.1) is 21.8 Å². The van der Waals surface area contributed by atoms with Crippen LogP contribution in [-0.4, -0.2) is 11.3 Å². The average Bonchev–Trinajstić information content (AvgIpc) is 2.23. The predicted molar refractivity (Wildman–Crippen MR) is 341 cm³/mol. The smallest absolute Gasteiger partial charge is 0.252 e. The molecule has 0 bridgehead atoms. The van der Waals surface area contributed by atoms with Crippen LogP contribution in [-0.2, 0) is 32.5 Å². The molecule has 0 amide bonds. The van der Waals surface area contributed by atoms with Gasteiger partial charge in [0.25, 0.3) is 6.71 Å². The minimum Gasteiger partial charge on any atom is -0.310 e. The maximum atomic E-state index is 2.74. The first-order valence-electron chi connectivity index (χ1n) is 28.5. The highest BCUT2D eigenvalue weighted by Crippen LogP contribution is 2.56. The summed E-state index contributed by atoms with van der Waals surface area (Å²) in [4.78, 5) is 5.24. The van der Waals surface area contributed by atoms with Crippen molar-refractivity contribution >= 4 is 99.6 Å². The van der Waals surface area contributed by atoms with Crippen LogP contribution in [0.25, 0.3) is 48.0 Å². The van der Waals surface area contributed by atoms with Crippen LogP contribution >= 0.6 is 11.3 Å². The monoisotopic (exact) mass is 1040 g/mol. The molecule has 0 radical (unpaired) electrons. The van der Waals surface area contributed by atoms with Gasteiger partial charge >= 0.3 is 0 Å². The van der Waals surface area contributed by atoms with Crippen LogP contribution in [0.2, 0.25) is 0 Å². The Morgan fingerprint density at radius 3 is 1.62 bits per heavy atom. The van der Waals surface area contributed by atoms with Crippen LogP contribution in [0, 0.1) is 0 Å². The second-order valence-electron chi connectivity index (χ2n) is 28.8. The molecule has 4 heterocycles. The topological polar surface area (TPSA) is 11.4 Å². The lowest BCUT2D eigenvalue weighted by atomic mass is 9.33. The van der Waals surface area contributed by atoms with Gasteiger partial charge in [0.1, 0.15) is 0 Å². The van der Waals surface area contributed by atoms with Crippen LogP contribution in [0.3, 0.4) is 0 Å². The lowest BCUT2D eigenvalue weighted by molar-refractivity contribution is 0.590. The Bertz CT molecular complexity index is 4070. The molecule has 0 N–H and O–H groups in total. The van der Waals surface area contributed by atoms with Crippen LogP contribution in [0.15, 0.2) is 152 Å². The highest BCUT2D eigenvalue weighted by molar-refractivity contribution is 7.26. The third-order valence-electron chi connectivity index (χ3n) is 17.9. The molecule has 8 aromatic carbocycles. The number of hydrogen-bond donors (Lipinski definition) is 0. The number of benzene rings is 8. The van der Waals surface area contributed by atoms with Gasteiger partial charge in [0, 0.05) is 65.8 Å². The molecule has 392 valence electrons. The Hall–Kier alpha value is -6.82. The molecule has 0 unspecified atom stereocenters. The normalized spacial score (nSPS) is 14.8. The lowest BCUT2D eigenvalue weighted by Crippen LogP contribution is -2.60. The predicted octanol–water partition coefficient (Wildman–Crippen LogP) is 18.9. The first kappa shape index (κ1) is 50.7. The van der Waals surface area contributed by atoms with Crippen molar-refractivity contribution in [3.8, 4) is 16.9 Å². The molecule has 13 rings (SSSR count). The van der Waals surface area contributed by atoms with Gasteiger partial charge in [-0.15, -0.1) is 11.3 Å². The maximum absolute atomic E-state index is 2.74. The summed E-state index contributed by atoms with van der Waals surface area (Å²) in [5.74, 6) is 0. The fourth-order valence-electron chi connectivity index (χ4n) is 13.4. The second kappa shape index (κ2) is 16.6. The number of thiophene rings is 1.